The fourth-order valence-corrected chi connectivity index (χ4v) is 4.45. The van der Waals surface area contributed by atoms with Gasteiger partial charge in [-0.1, -0.05) is 20.8 Å². The van der Waals surface area contributed by atoms with Crippen LogP contribution in [0.5, 0.6) is 0 Å². The SMILES string of the molecule is CCO[SiH](OCC)C(CC)OCCC(CC)OCC1(C)COC1. The van der Waals surface area contributed by atoms with Crippen LogP contribution in [-0.2, 0) is 23.1 Å². The highest BCUT2D eigenvalue weighted by molar-refractivity contribution is 6.46. The monoisotopic (exact) mass is 348 g/mol. The molecule has 23 heavy (non-hydrogen) atoms. The Labute approximate surface area is 143 Å². The minimum atomic E-state index is -1.74. The van der Waals surface area contributed by atoms with Crippen LogP contribution in [0.3, 0.4) is 0 Å². The van der Waals surface area contributed by atoms with Crippen molar-refractivity contribution in [3.63, 3.8) is 0 Å². The van der Waals surface area contributed by atoms with E-state index in [2.05, 4.69) is 20.8 Å². The average Bonchev–Trinajstić information content (AvgIpc) is 2.52. The van der Waals surface area contributed by atoms with E-state index in [1.165, 1.54) is 0 Å². The maximum atomic E-state index is 6.07. The molecule has 0 amide bonds. The maximum absolute atomic E-state index is 6.07. The molecule has 0 saturated carbocycles. The van der Waals surface area contributed by atoms with Gasteiger partial charge in [0.15, 0.2) is 0 Å². The Balaban J connectivity index is 2.29. The largest absolute Gasteiger partial charge is 0.395 e. The summed E-state index contributed by atoms with van der Waals surface area (Å²) in [5.74, 6) is 0. The molecule has 1 heterocycles. The lowest BCUT2D eigenvalue weighted by atomic mass is 9.90. The Hall–Kier alpha value is 0.0169. The molecule has 5 nitrogen and oxygen atoms in total. The Bertz CT molecular complexity index is 293. The number of hydrogen-bond acceptors (Lipinski definition) is 5. The summed E-state index contributed by atoms with van der Waals surface area (Å²) in [4.78, 5) is 0. The van der Waals surface area contributed by atoms with Crippen molar-refractivity contribution in [1.82, 2.24) is 0 Å². The highest BCUT2D eigenvalue weighted by atomic mass is 28.3. The van der Waals surface area contributed by atoms with Crippen LogP contribution in [0.2, 0.25) is 0 Å². The molecule has 0 N–H and O–H groups in total. The summed E-state index contributed by atoms with van der Waals surface area (Å²) in [6, 6.07) is 0. The van der Waals surface area contributed by atoms with Gasteiger partial charge in [0.2, 0.25) is 0 Å². The molecular weight excluding hydrogens is 312 g/mol. The molecule has 0 bridgehead atoms. The van der Waals surface area contributed by atoms with E-state index < -0.39 is 9.28 Å². The van der Waals surface area contributed by atoms with Crippen LogP contribution < -0.4 is 0 Å². The van der Waals surface area contributed by atoms with Gasteiger partial charge in [-0.2, -0.15) is 0 Å². The third-order valence-electron chi connectivity index (χ3n) is 4.16. The van der Waals surface area contributed by atoms with Crippen LogP contribution >= 0.6 is 0 Å². The third kappa shape index (κ3) is 7.62. The van der Waals surface area contributed by atoms with Gasteiger partial charge >= 0.3 is 9.28 Å². The molecule has 1 aliphatic rings. The lowest BCUT2D eigenvalue weighted by Crippen LogP contribution is -2.44. The number of hydrogen-bond donors (Lipinski definition) is 0. The molecule has 138 valence electrons. The molecule has 1 rings (SSSR count). The average molecular weight is 349 g/mol. The van der Waals surface area contributed by atoms with E-state index in [1.807, 2.05) is 13.8 Å². The van der Waals surface area contributed by atoms with Gasteiger partial charge in [-0.15, -0.1) is 0 Å². The zero-order valence-electron chi connectivity index (χ0n) is 15.6. The summed E-state index contributed by atoms with van der Waals surface area (Å²) in [5.41, 5.74) is 0.326. The second-order valence-electron chi connectivity index (χ2n) is 6.53. The Morgan fingerprint density at radius 2 is 1.65 bits per heavy atom. The summed E-state index contributed by atoms with van der Waals surface area (Å²) in [6.45, 7) is 15.0. The number of ether oxygens (including phenoxy) is 3. The molecular formula is C17H36O5Si. The first-order valence-electron chi connectivity index (χ1n) is 9.12. The van der Waals surface area contributed by atoms with Gasteiger partial charge in [0.05, 0.1) is 31.7 Å². The standard InChI is InChI=1S/C17H36O5Si/c1-6-15(20-14-17(5)12-18-13-17)10-11-19-16(7-2)23(21-8-3)22-9-4/h15-16,23H,6-14H2,1-5H3. The third-order valence-corrected chi connectivity index (χ3v) is 6.76. The zero-order valence-corrected chi connectivity index (χ0v) is 16.8. The molecule has 1 aliphatic heterocycles. The summed E-state index contributed by atoms with van der Waals surface area (Å²) >= 11 is 0. The van der Waals surface area contributed by atoms with Crippen molar-refractivity contribution >= 4 is 9.28 Å². The van der Waals surface area contributed by atoms with Crippen molar-refractivity contribution in [3.05, 3.63) is 0 Å². The van der Waals surface area contributed by atoms with Crippen molar-refractivity contribution in [2.24, 2.45) is 5.41 Å². The lowest BCUT2D eigenvalue weighted by molar-refractivity contribution is -0.151. The Morgan fingerprint density at radius 1 is 1.00 bits per heavy atom. The van der Waals surface area contributed by atoms with Gasteiger partial charge in [-0.05, 0) is 33.1 Å². The van der Waals surface area contributed by atoms with E-state index in [-0.39, 0.29) is 17.2 Å². The van der Waals surface area contributed by atoms with Gasteiger partial charge in [0.1, 0.15) is 0 Å². The van der Waals surface area contributed by atoms with E-state index in [0.717, 1.165) is 39.1 Å². The van der Waals surface area contributed by atoms with Gasteiger partial charge in [-0.3, -0.25) is 0 Å². The van der Waals surface area contributed by atoms with Crippen LogP contribution in [0.15, 0.2) is 0 Å². The summed E-state index contributed by atoms with van der Waals surface area (Å²) in [6.07, 6.45) is 3.12. The molecule has 1 saturated heterocycles. The van der Waals surface area contributed by atoms with E-state index in [9.17, 15) is 0 Å². The topological polar surface area (TPSA) is 46.2 Å². The fraction of sp³-hybridized carbons (Fsp3) is 1.00. The van der Waals surface area contributed by atoms with Gasteiger partial charge in [0.25, 0.3) is 0 Å². The van der Waals surface area contributed by atoms with E-state index in [0.29, 0.717) is 19.8 Å². The van der Waals surface area contributed by atoms with E-state index >= 15 is 0 Å². The van der Waals surface area contributed by atoms with Gasteiger partial charge < -0.3 is 23.1 Å². The van der Waals surface area contributed by atoms with Crippen molar-refractivity contribution < 1.29 is 23.1 Å². The van der Waals surface area contributed by atoms with Crippen LogP contribution in [0.4, 0.5) is 0 Å². The summed E-state index contributed by atoms with van der Waals surface area (Å²) in [5, 5.41) is 0. The van der Waals surface area contributed by atoms with Crippen LogP contribution in [0.25, 0.3) is 0 Å². The van der Waals surface area contributed by atoms with Gasteiger partial charge in [-0.25, -0.2) is 0 Å². The van der Waals surface area contributed by atoms with Crippen molar-refractivity contribution in [2.75, 3.05) is 39.6 Å². The molecule has 1 fully saturated rings. The zero-order chi connectivity index (χ0) is 17.1. The molecule has 0 radical (unpaired) electrons. The minimum absolute atomic E-state index is 0.116. The molecule has 2 atom stereocenters. The Morgan fingerprint density at radius 3 is 2.09 bits per heavy atom. The summed E-state index contributed by atoms with van der Waals surface area (Å²) < 4.78 is 29.0. The smallest absolute Gasteiger partial charge is 0.351 e. The molecule has 0 aromatic rings. The van der Waals surface area contributed by atoms with Crippen LogP contribution in [0, 0.1) is 5.41 Å². The molecule has 0 spiro atoms. The quantitative estimate of drug-likeness (QED) is 0.452. The first-order chi connectivity index (χ1) is 11.1. The normalized spacial score (nSPS) is 19.6. The second kappa shape index (κ2) is 11.6. The van der Waals surface area contributed by atoms with Crippen LogP contribution in [0.1, 0.15) is 53.9 Å². The molecule has 0 aromatic heterocycles. The van der Waals surface area contributed by atoms with Crippen molar-refractivity contribution in [3.8, 4) is 0 Å². The maximum Gasteiger partial charge on any atom is 0.351 e. The number of rotatable bonds is 14. The van der Waals surface area contributed by atoms with E-state index in [1.54, 1.807) is 0 Å². The van der Waals surface area contributed by atoms with Gasteiger partial charge in [0, 0.05) is 25.2 Å². The fourth-order valence-electron chi connectivity index (χ4n) is 2.59. The minimum Gasteiger partial charge on any atom is -0.395 e. The Kier molecular flexibility index (Phi) is 10.6. The highest BCUT2D eigenvalue weighted by Gasteiger charge is 2.34. The predicted molar refractivity (Wildman–Crippen MR) is 94.0 cm³/mol. The summed E-state index contributed by atoms with van der Waals surface area (Å²) in [7, 11) is -1.74. The molecule has 0 aromatic carbocycles. The first-order valence-corrected chi connectivity index (χ1v) is 10.7. The van der Waals surface area contributed by atoms with E-state index in [4.69, 9.17) is 23.1 Å². The second-order valence-corrected chi connectivity index (χ2v) is 8.68. The highest BCUT2D eigenvalue weighted by Crippen LogP contribution is 2.27. The van der Waals surface area contributed by atoms with Crippen molar-refractivity contribution in [2.45, 2.75) is 65.7 Å². The molecule has 0 aliphatic carbocycles. The molecule has 6 heteroatoms. The lowest BCUT2D eigenvalue weighted by Gasteiger charge is -2.38. The van der Waals surface area contributed by atoms with Crippen molar-refractivity contribution in [1.29, 1.82) is 0 Å². The first kappa shape index (κ1) is 21.1. The molecule has 2 unspecified atom stereocenters. The van der Waals surface area contributed by atoms with Crippen LogP contribution in [-0.4, -0.2) is 60.8 Å². The predicted octanol–water partition coefficient (Wildman–Crippen LogP) is 2.84.